The highest BCUT2D eigenvalue weighted by Gasteiger charge is 2.48. The Morgan fingerprint density at radius 1 is 1.23 bits per heavy atom. The quantitative estimate of drug-likeness (QED) is 0.881. The lowest BCUT2D eigenvalue weighted by Gasteiger charge is -2.39. The second kappa shape index (κ2) is 5.67. The lowest BCUT2D eigenvalue weighted by molar-refractivity contribution is -0.127. The van der Waals surface area contributed by atoms with E-state index in [-0.39, 0.29) is 11.4 Å². The number of rotatable bonds is 2. The SMILES string of the molecule is O=C1Nc2ccccc2CN(CC2CCCC2)C12CCNC2. The Balaban J connectivity index is 1.68. The maximum atomic E-state index is 13.0. The average molecular weight is 299 g/mol. The van der Waals surface area contributed by atoms with Gasteiger partial charge in [-0.05, 0) is 43.4 Å². The summed E-state index contributed by atoms with van der Waals surface area (Å²) in [5, 5.41) is 6.61. The molecular formula is C18H25N3O. The molecular weight excluding hydrogens is 274 g/mol. The van der Waals surface area contributed by atoms with E-state index in [1.165, 1.54) is 31.2 Å². The van der Waals surface area contributed by atoms with Crippen molar-refractivity contribution in [2.75, 3.05) is 25.0 Å². The van der Waals surface area contributed by atoms with Gasteiger partial charge in [0.15, 0.2) is 0 Å². The van der Waals surface area contributed by atoms with Crippen LogP contribution in [0.3, 0.4) is 0 Å². The van der Waals surface area contributed by atoms with Crippen molar-refractivity contribution in [3.05, 3.63) is 29.8 Å². The van der Waals surface area contributed by atoms with Crippen molar-refractivity contribution >= 4 is 11.6 Å². The molecule has 118 valence electrons. The number of nitrogens with one attached hydrogen (secondary N) is 2. The van der Waals surface area contributed by atoms with Gasteiger partial charge in [-0.3, -0.25) is 9.69 Å². The molecule has 1 aliphatic carbocycles. The first-order valence-corrected chi connectivity index (χ1v) is 8.63. The number of anilines is 1. The molecule has 0 bridgehead atoms. The van der Waals surface area contributed by atoms with Gasteiger partial charge in [0.05, 0.1) is 0 Å². The minimum absolute atomic E-state index is 0.181. The van der Waals surface area contributed by atoms with E-state index in [2.05, 4.69) is 27.7 Å². The maximum Gasteiger partial charge on any atom is 0.246 e. The van der Waals surface area contributed by atoms with E-state index in [4.69, 9.17) is 0 Å². The molecule has 1 unspecified atom stereocenters. The lowest BCUT2D eigenvalue weighted by Crippen LogP contribution is -2.57. The summed E-state index contributed by atoms with van der Waals surface area (Å²) in [6.45, 7) is 3.65. The fraction of sp³-hybridized carbons (Fsp3) is 0.611. The van der Waals surface area contributed by atoms with Crippen LogP contribution in [0.5, 0.6) is 0 Å². The topological polar surface area (TPSA) is 44.4 Å². The number of fused-ring (bicyclic) bond motifs is 1. The summed E-state index contributed by atoms with van der Waals surface area (Å²) in [6.07, 6.45) is 6.27. The number of amides is 1. The van der Waals surface area contributed by atoms with Gasteiger partial charge >= 0.3 is 0 Å². The molecule has 4 nitrogen and oxygen atoms in total. The van der Waals surface area contributed by atoms with E-state index in [0.29, 0.717) is 0 Å². The number of carbonyl (C=O) groups is 1. The predicted molar refractivity (Wildman–Crippen MR) is 87.7 cm³/mol. The number of nitrogens with zero attached hydrogens (tertiary/aromatic N) is 1. The minimum Gasteiger partial charge on any atom is -0.324 e. The van der Waals surface area contributed by atoms with Gasteiger partial charge in [-0.25, -0.2) is 0 Å². The minimum atomic E-state index is -0.360. The van der Waals surface area contributed by atoms with Crippen molar-refractivity contribution in [3.8, 4) is 0 Å². The van der Waals surface area contributed by atoms with Crippen LogP contribution in [0.15, 0.2) is 24.3 Å². The molecule has 0 aromatic heterocycles. The van der Waals surface area contributed by atoms with Gasteiger partial charge in [-0.2, -0.15) is 0 Å². The molecule has 2 fully saturated rings. The molecule has 4 rings (SSSR count). The van der Waals surface area contributed by atoms with Crippen LogP contribution in [0, 0.1) is 5.92 Å². The van der Waals surface area contributed by atoms with Crippen LogP contribution in [-0.4, -0.2) is 36.0 Å². The summed E-state index contributed by atoms with van der Waals surface area (Å²) in [5.74, 6) is 0.941. The molecule has 1 aromatic rings. The number of hydrogen-bond donors (Lipinski definition) is 2. The maximum absolute atomic E-state index is 13.0. The highest BCUT2D eigenvalue weighted by Crippen LogP contribution is 2.35. The smallest absolute Gasteiger partial charge is 0.246 e. The van der Waals surface area contributed by atoms with Crippen molar-refractivity contribution in [3.63, 3.8) is 0 Å². The molecule has 4 heteroatoms. The van der Waals surface area contributed by atoms with Crippen molar-refractivity contribution in [1.82, 2.24) is 10.2 Å². The van der Waals surface area contributed by atoms with E-state index < -0.39 is 0 Å². The first-order chi connectivity index (χ1) is 10.8. The van der Waals surface area contributed by atoms with Crippen molar-refractivity contribution in [1.29, 1.82) is 0 Å². The van der Waals surface area contributed by atoms with E-state index >= 15 is 0 Å². The second-order valence-electron chi connectivity index (χ2n) is 7.10. The van der Waals surface area contributed by atoms with Crippen molar-refractivity contribution in [2.24, 2.45) is 5.92 Å². The zero-order chi connectivity index (χ0) is 15.0. The summed E-state index contributed by atoms with van der Waals surface area (Å²) in [7, 11) is 0. The Bertz CT molecular complexity index is 559. The summed E-state index contributed by atoms with van der Waals surface area (Å²) < 4.78 is 0. The third kappa shape index (κ3) is 2.34. The van der Waals surface area contributed by atoms with E-state index in [1.807, 2.05) is 12.1 Å². The molecule has 2 N–H and O–H groups in total. The number of carbonyl (C=O) groups excluding carboxylic acids is 1. The normalized spacial score (nSPS) is 29.5. The predicted octanol–water partition coefficient (Wildman–Crippen LogP) is 2.36. The zero-order valence-electron chi connectivity index (χ0n) is 13.1. The molecule has 1 aromatic carbocycles. The fourth-order valence-electron chi connectivity index (χ4n) is 4.41. The van der Waals surface area contributed by atoms with E-state index in [9.17, 15) is 4.79 Å². The van der Waals surface area contributed by atoms with Gasteiger partial charge in [-0.15, -0.1) is 0 Å². The third-order valence-electron chi connectivity index (χ3n) is 5.74. The average Bonchev–Trinajstić information content (AvgIpc) is 3.17. The first-order valence-electron chi connectivity index (χ1n) is 8.63. The summed E-state index contributed by atoms with van der Waals surface area (Å²) in [6, 6.07) is 8.26. The Labute approximate surface area is 132 Å². The summed E-state index contributed by atoms with van der Waals surface area (Å²) >= 11 is 0. The van der Waals surface area contributed by atoms with Gasteiger partial charge in [0.1, 0.15) is 5.54 Å². The van der Waals surface area contributed by atoms with Crippen LogP contribution in [0.2, 0.25) is 0 Å². The van der Waals surface area contributed by atoms with Crippen molar-refractivity contribution in [2.45, 2.75) is 44.2 Å². The van der Waals surface area contributed by atoms with Gasteiger partial charge < -0.3 is 10.6 Å². The zero-order valence-corrected chi connectivity index (χ0v) is 13.1. The second-order valence-corrected chi connectivity index (χ2v) is 7.10. The van der Waals surface area contributed by atoms with E-state index in [1.54, 1.807) is 0 Å². The van der Waals surface area contributed by atoms with Gasteiger partial charge in [0, 0.05) is 25.3 Å². The molecule has 1 atom stereocenters. The van der Waals surface area contributed by atoms with Crippen LogP contribution in [0.25, 0.3) is 0 Å². The van der Waals surface area contributed by atoms with Gasteiger partial charge in [0.25, 0.3) is 0 Å². The monoisotopic (exact) mass is 299 g/mol. The molecule has 2 heterocycles. The molecule has 1 amide bonds. The van der Waals surface area contributed by atoms with Crippen LogP contribution >= 0.6 is 0 Å². The molecule has 22 heavy (non-hydrogen) atoms. The van der Waals surface area contributed by atoms with Crippen LogP contribution in [0.1, 0.15) is 37.7 Å². The molecule has 1 saturated heterocycles. The highest BCUT2D eigenvalue weighted by molar-refractivity contribution is 5.99. The molecule has 1 spiro atoms. The van der Waals surface area contributed by atoms with Gasteiger partial charge in [0.2, 0.25) is 5.91 Å². The number of benzene rings is 1. The van der Waals surface area contributed by atoms with E-state index in [0.717, 1.165) is 44.2 Å². The standard InChI is InChI=1S/C18H25N3O/c22-17-18(9-10-19-13-18)21(11-14-5-1-2-6-14)12-15-7-3-4-8-16(15)20-17/h3-4,7-8,14,19H,1-2,5-6,9-13H2,(H,20,22). The lowest BCUT2D eigenvalue weighted by atomic mass is 9.92. The molecule has 3 aliphatic rings. The first kappa shape index (κ1) is 14.2. The summed E-state index contributed by atoms with van der Waals surface area (Å²) in [4.78, 5) is 15.5. The third-order valence-corrected chi connectivity index (χ3v) is 5.74. The Kier molecular flexibility index (Phi) is 3.66. The van der Waals surface area contributed by atoms with Crippen LogP contribution in [-0.2, 0) is 11.3 Å². The molecule has 1 saturated carbocycles. The van der Waals surface area contributed by atoms with Crippen molar-refractivity contribution < 1.29 is 4.79 Å². The van der Waals surface area contributed by atoms with Gasteiger partial charge in [-0.1, -0.05) is 31.0 Å². The number of hydrogen-bond acceptors (Lipinski definition) is 3. The molecule has 2 aliphatic heterocycles. The van der Waals surface area contributed by atoms with Crippen LogP contribution in [0.4, 0.5) is 5.69 Å². The Morgan fingerprint density at radius 3 is 2.82 bits per heavy atom. The Hall–Kier alpha value is -1.39. The van der Waals surface area contributed by atoms with Crippen LogP contribution < -0.4 is 10.6 Å². The fourth-order valence-corrected chi connectivity index (χ4v) is 4.41. The Morgan fingerprint density at radius 2 is 2.05 bits per heavy atom. The highest BCUT2D eigenvalue weighted by atomic mass is 16.2. The molecule has 0 radical (unpaired) electrons. The summed E-state index contributed by atoms with van der Waals surface area (Å²) in [5.41, 5.74) is 1.88. The number of para-hydroxylation sites is 1. The largest absolute Gasteiger partial charge is 0.324 e.